The van der Waals surface area contributed by atoms with E-state index in [9.17, 15) is 9.18 Å². The minimum atomic E-state index is -0.209. The van der Waals surface area contributed by atoms with E-state index in [1.807, 2.05) is 40.3 Å². The van der Waals surface area contributed by atoms with Crippen LogP contribution in [-0.4, -0.2) is 64.4 Å². The van der Waals surface area contributed by atoms with Crippen LogP contribution in [0.15, 0.2) is 60.9 Å². The van der Waals surface area contributed by atoms with Gasteiger partial charge in [0.05, 0.1) is 22.6 Å². The van der Waals surface area contributed by atoms with Crippen LogP contribution in [0.25, 0.3) is 16.7 Å². The Morgan fingerprint density at radius 3 is 2.59 bits per heavy atom. The van der Waals surface area contributed by atoms with Gasteiger partial charge < -0.3 is 19.1 Å². The Kier molecular flexibility index (Phi) is 5.28. The second-order valence-electron chi connectivity index (χ2n) is 9.09. The number of nitrogens with zero attached hydrogens (tertiary/aromatic N) is 6. The Hall–Kier alpha value is -3.68. The number of hydrogen-bond acceptors (Lipinski definition) is 5. The van der Waals surface area contributed by atoms with Crippen molar-refractivity contribution in [2.75, 3.05) is 49.1 Å². The molecule has 6 rings (SSSR count). The van der Waals surface area contributed by atoms with Gasteiger partial charge in [0.1, 0.15) is 5.82 Å². The number of para-hydroxylation sites is 1. The molecule has 34 heavy (non-hydrogen) atoms. The highest BCUT2D eigenvalue weighted by Crippen LogP contribution is 2.29. The number of benzene rings is 1. The Bertz CT molecular complexity index is 1350. The SMILES string of the molecule is O=C([C@H]1CCCN(c2nc3ncccc3n3cccc23)C1)N1CCN(c2ccccc2F)CC1. The van der Waals surface area contributed by atoms with Gasteiger partial charge in [-0.3, -0.25) is 4.79 Å². The zero-order chi connectivity index (χ0) is 23.1. The van der Waals surface area contributed by atoms with E-state index in [1.54, 1.807) is 18.3 Å². The molecular formula is C26H27FN6O. The first-order valence-corrected chi connectivity index (χ1v) is 11.9. The van der Waals surface area contributed by atoms with Crippen molar-refractivity contribution >= 4 is 34.1 Å². The molecule has 3 aromatic heterocycles. The number of carbonyl (C=O) groups excluding carboxylic acids is 1. The number of piperidine rings is 1. The summed E-state index contributed by atoms with van der Waals surface area (Å²) in [5.41, 5.74) is 3.33. The number of anilines is 2. The average Bonchev–Trinajstić information content (AvgIpc) is 3.39. The molecule has 0 radical (unpaired) electrons. The van der Waals surface area contributed by atoms with Crippen molar-refractivity contribution in [1.82, 2.24) is 19.3 Å². The molecule has 1 aromatic carbocycles. The molecule has 5 heterocycles. The molecule has 0 unspecified atom stereocenters. The first-order valence-electron chi connectivity index (χ1n) is 11.9. The normalized spacial score (nSPS) is 19.2. The molecule has 8 heteroatoms. The van der Waals surface area contributed by atoms with Gasteiger partial charge in [-0.15, -0.1) is 0 Å². The number of pyridine rings is 1. The molecule has 2 saturated heterocycles. The van der Waals surface area contributed by atoms with E-state index in [4.69, 9.17) is 4.98 Å². The third-order valence-corrected chi connectivity index (χ3v) is 7.07. The summed E-state index contributed by atoms with van der Waals surface area (Å²) in [6.45, 7) is 4.04. The fraction of sp³-hybridized carbons (Fsp3) is 0.346. The predicted molar refractivity (Wildman–Crippen MR) is 131 cm³/mol. The third-order valence-electron chi connectivity index (χ3n) is 7.07. The van der Waals surface area contributed by atoms with E-state index >= 15 is 0 Å². The van der Waals surface area contributed by atoms with Crippen LogP contribution in [0.4, 0.5) is 15.9 Å². The zero-order valence-corrected chi connectivity index (χ0v) is 19.0. The number of fused-ring (bicyclic) bond motifs is 3. The fourth-order valence-corrected chi connectivity index (χ4v) is 5.33. The van der Waals surface area contributed by atoms with Crippen molar-refractivity contribution in [3.05, 3.63) is 66.7 Å². The van der Waals surface area contributed by atoms with Crippen molar-refractivity contribution in [3.63, 3.8) is 0 Å². The van der Waals surface area contributed by atoms with Crippen molar-refractivity contribution < 1.29 is 9.18 Å². The van der Waals surface area contributed by atoms with E-state index in [-0.39, 0.29) is 17.6 Å². The van der Waals surface area contributed by atoms with Crippen LogP contribution in [0.2, 0.25) is 0 Å². The van der Waals surface area contributed by atoms with Gasteiger partial charge in [0.2, 0.25) is 5.91 Å². The van der Waals surface area contributed by atoms with Crippen LogP contribution < -0.4 is 9.80 Å². The molecule has 0 saturated carbocycles. The summed E-state index contributed by atoms with van der Waals surface area (Å²) in [5.74, 6) is 0.811. The summed E-state index contributed by atoms with van der Waals surface area (Å²) in [6, 6.07) is 14.9. The molecule has 2 fully saturated rings. The molecule has 4 aromatic rings. The van der Waals surface area contributed by atoms with Gasteiger partial charge in [-0.25, -0.2) is 14.4 Å². The van der Waals surface area contributed by atoms with Crippen LogP contribution in [0.3, 0.4) is 0 Å². The quantitative estimate of drug-likeness (QED) is 0.470. The van der Waals surface area contributed by atoms with E-state index in [0.29, 0.717) is 44.1 Å². The fourth-order valence-electron chi connectivity index (χ4n) is 5.33. The Labute approximate surface area is 197 Å². The number of aromatic nitrogens is 3. The van der Waals surface area contributed by atoms with Crippen molar-refractivity contribution in [3.8, 4) is 0 Å². The number of amides is 1. The predicted octanol–water partition coefficient (Wildman–Crippen LogP) is 3.59. The number of halogens is 1. The molecule has 174 valence electrons. The molecular weight excluding hydrogens is 431 g/mol. The molecule has 2 aliphatic heterocycles. The first-order chi connectivity index (χ1) is 16.7. The molecule has 7 nitrogen and oxygen atoms in total. The summed E-state index contributed by atoms with van der Waals surface area (Å²) in [6.07, 6.45) is 5.62. The first kappa shape index (κ1) is 20.9. The van der Waals surface area contributed by atoms with Gasteiger partial charge in [0.25, 0.3) is 0 Å². The average molecular weight is 459 g/mol. The van der Waals surface area contributed by atoms with Crippen molar-refractivity contribution in [1.29, 1.82) is 0 Å². The van der Waals surface area contributed by atoms with Gasteiger partial charge >= 0.3 is 0 Å². The number of piperazine rings is 1. The minimum Gasteiger partial charge on any atom is -0.366 e. The van der Waals surface area contributed by atoms with E-state index in [1.165, 1.54) is 6.07 Å². The van der Waals surface area contributed by atoms with Gasteiger partial charge in [-0.1, -0.05) is 12.1 Å². The maximum absolute atomic E-state index is 14.2. The topological polar surface area (TPSA) is 57.0 Å². The van der Waals surface area contributed by atoms with Crippen LogP contribution in [0.1, 0.15) is 12.8 Å². The van der Waals surface area contributed by atoms with E-state index < -0.39 is 0 Å². The molecule has 1 amide bonds. The number of hydrogen-bond donors (Lipinski definition) is 0. The van der Waals surface area contributed by atoms with Gasteiger partial charge in [0.15, 0.2) is 11.5 Å². The summed E-state index contributed by atoms with van der Waals surface area (Å²) >= 11 is 0. The monoisotopic (exact) mass is 458 g/mol. The van der Waals surface area contributed by atoms with Gasteiger partial charge in [-0.2, -0.15) is 0 Å². The smallest absolute Gasteiger partial charge is 0.227 e. The van der Waals surface area contributed by atoms with Crippen molar-refractivity contribution in [2.24, 2.45) is 5.92 Å². The van der Waals surface area contributed by atoms with Crippen LogP contribution in [0, 0.1) is 11.7 Å². The number of rotatable bonds is 3. The lowest BCUT2D eigenvalue weighted by molar-refractivity contribution is -0.136. The molecule has 0 N–H and O–H groups in total. The molecule has 0 bridgehead atoms. The highest BCUT2D eigenvalue weighted by molar-refractivity contribution is 5.84. The second-order valence-corrected chi connectivity index (χ2v) is 9.09. The summed E-state index contributed by atoms with van der Waals surface area (Å²) in [5, 5.41) is 0. The van der Waals surface area contributed by atoms with E-state index in [2.05, 4.69) is 20.4 Å². The standard InChI is InChI=1S/C26H27FN6O/c27-20-7-1-2-8-21(20)30-14-16-31(17-15-30)26(34)19-6-4-12-32(18-19)25-23-10-5-13-33(23)22-9-3-11-28-24(22)29-25/h1-3,5,7-11,13,19H,4,6,12,14-18H2/t19-/m0/s1. The molecule has 0 aliphatic carbocycles. The Morgan fingerprint density at radius 1 is 0.912 bits per heavy atom. The summed E-state index contributed by atoms with van der Waals surface area (Å²) < 4.78 is 16.3. The summed E-state index contributed by atoms with van der Waals surface area (Å²) in [7, 11) is 0. The molecule has 2 aliphatic rings. The zero-order valence-electron chi connectivity index (χ0n) is 19.0. The maximum atomic E-state index is 14.2. The number of carbonyl (C=O) groups is 1. The highest BCUT2D eigenvalue weighted by atomic mass is 19.1. The van der Waals surface area contributed by atoms with Crippen LogP contribution in [0.5, 0.6) is 0 Å². The second kappa shape index (κ2) is 8.59. The van der Waals surface area contributed by atoms with Gasteiger partial charge in [-0.05, 0) is 49.2 Å². The minimum absolute atomic E-state index is 0.0648. The molecule has 0 spiro atoms. The third kappa shape index (κ3) is 3.63. The summed E-state index contributed by atoms with van der Waals surface area (Å²) in [4.78, 5) is 29.0. The van der Waals surface area contributed by atoms with Gasteiger partial charge in [0, 0.05) is 51.7 Å². The Balaban J connectivity index is 1.18. The lowest BCUT2D eigenvalue weighted by Gasteiger charge is -2.40. The Morgan fingerprint density at radius 2 is 1.74 bits per heavy atom. The maximum Gasteiger partial charge on any atom is 0.227 e. The van der Waals surface area contributed by atoms with Crippen molar-refractivity contribution in [2.45, 2.75) is 12.8 Å². The lowest BCUT2D eigenvalue weighted by Crippen LogP contribution is -2.52. The lowest BCUT2D eigenvalue weighted by atomic mass is 9.96. The van der Waals surface area contributed by atoms with E-state index in [0.717, 1.165) is 36.2 Å². The van der Waals surface area contributed by atoms with Crippen LogP contribution in [-0.2, 0) is 4.79 Å². The largest absolute Gasteiger partial charge is 0.366 e. The highest BCUT2D eigenvalue weighted by Gasteiger charge is 2.32. The van der Waals surface area contributed by atoms with Crippen LogP contribution >= 0.6 is 0 Å². The molecule has 1 atom stereocenters.